The first kappa shape index (κ1) is 13.4. The Morgan fingerprint density at radius 1 is 1.45 bits per heavy atom. The van der Waals surface area contributed by atoms with Crippen molar-refractivity contribution in [3.05, 3.63) is 29.3 Å². The zero-order valence-corrected chi connectivity index (χ0v) is 11.9. The molecule has 0 saturated carbocycles. The Labute approximate surface area is 119 Å². The van der Waals surface area contributed by atoms with E-state index < -0.39 is 0 Å². The van der Waals surface area contributed by atoms with Crippen LogP contribution in [0.1, 0.15) is 42.1 Å². The van der Waals surface area contributed by atoms with Gasteiger partial charge in [0, 0.05) is 24.4 Å². The molecule has 0 aliphatic carbocycles. The van der Waals surface area contributed by atoms with Crippen LogP contribution in [-0.4, -0.2) is 31.2 Å². The van der Waals surface area contributed by atoms with Crippen LogP contribution in [0.2, 0.25) is 0 Å². The first-order valence-corrected chi connectivity index (χ1v) is 7.53. The van der Waals surface area contributed by atoms with E-state index in [4.69, 9.17) is 4.74 Å². The molecule has 108 valence electrons. The van der Waals surface area contributed by atoms with Gasteiger partial charge in [-0.2, -0.15) is 0 Å². The summed E-state index contributed by atoms with van der Waals surface area (Å²) in [5, 5.41) is 6.42. The van der Waals surface area contributed by atoms with Crippen LogP contribution < -0.4 is 10.6 Å². The number of nitrogens with one attached hydrogen (secondary N) is 2. The van der Waals surface area contributed by atoms with E-state index in [1.165, 1.54) is 11.3 Å². The molecule has 20 heavy (non-hydrogen) atoms. The molecule has 2 aliphatic rings. The maximum atomic E-state index is 12.3. The number of ether oxygens (including phenoxy) is 1. The highest BCUT2D eigenvalue weighted by Crippen LogP contribution is 2.23. The topological polar surface area (TPSA) is 50.4 Å². The largest absolute Gasteiger partial charge is 0.385 e. The molecule has 2 aliphatic heterocycles. The minimum absolute atomic E-state index is 0.00127. The molecule has 1 saturated heterocycles. The van der Waals surface area contributed by atoms with Crippen molar-refractivity contribution in [3.8, 4) is 0 Å². The van der Waals surface area contributed by atoms with Crippen LogP contribution >= 0.6 is 0 Å². The number of aryl methyl sites for hydroxylation is 1. The molecule has 0 aromatic heterocycles. The number of benzene rings is 1. The number of hydrogen-bond donors (Lipinski definition) is 2. The standard InChI is InChI=1S/C16H22N2O2/c1-11(15-5-3-9-20-15)18-16(19)13-6-7-14-12(10-13)4-2-8-17-14/h6-7,10-11,15,17H,2-5,8-9H2,1H3,(H,18,19). The molecule has 4 nitrogen and oxygen atoms in total. The molecule has 2 unspecified atom stereocenters. The fourth-order valence-electron chi connectivity index (χ4n) is 3.00. The van der Waals surface area contributed by atoms with Gasteiger partial charge in [0.1, 0.15) is 0 Å². The Balaban J connectivity index is 1.67. The van der Waals surface area contributed by atoms with Crippen LogP contribution in [0.4, 0.5) is 5.69 Å². The number of anilines is 1. The third kappa shape index (κ3) is 2.80. The average molecular weight is 274 g/mol. The van der Waals surface area contributed by atoms with Gasteiger partial charge < -0.3 is 15.4 Å². The van der Waals surface area contributed by atoms with E-state index >= 15 is 0 Å². The van der Waals surface area contributed by atoms with Gasteiger partial charge in [0.15, 0.2) is 0 Å². The summed E-state index contributed by atoms with van der Waals surface area (Å²) >= 11 is 0. The van der Waals surface area contributed by atoms with Gasteiger partial charge >= 0.3 is 0 Å². The maximum Gasteiger partial charge on any atom is 0.251 e. The fourth-order valence-corrected chi connectivity index (χ4v) is 3.00. The molecule has 1 aromatic rings. The second kappa shape index (κ2) is 5.83. The van der Waals surface area contributed by atoms with Crippen molar-refractivity contribution in [1.29, 1.82) is 0 Å². The van der Waals surface area contributed by atoms with Gasteiger partial charge in [-0.3, -0.25) is 4.79 Å². The Kier molecular flexibility index (Phi) is 3.92. The van der Waals surface area contributed by atoms with Gasteiger partial charge in [-0.1, -0.05) is 0 Å². The number of carbonyl (C=O) groups excluding carboxylic acids is 1. The molecule has 3 rings (SSSR count). The lowest BCUT2D eigenvalue weighted by molar-refractivity contribution is 0.0712. The lowest BCUT2D eigenvalue weighted by Crippen LogP contribution is -2.40. The highest BCUT2D eigenvalue weighted by Gasteiger charge is 2.24. The molecule has 0 radical (unpaired) electrons. The lowest BCUT2D eigenvalue weighted by atomic mass is 10.00. The van der Waals surface area contributed by atoms with Crippen molar-refractivity contribution in [3.63, 3.8) is 0 Å². The summed E-state index contributed by atoms with van der Waals surface area (Å²) in [4.78, 5) is 12.3. The Bertz CT molecular complexity index is 495. The Morgan fingerprint density at radius 3 is 3.15 bits per heavy atom. The van der Waals surface area contributed by atoms with E-state index in [0.717, 1.165) is 44.4 Å². The molecule has 0 spiro atoms. The van der Waals surface area contributed by atoms with Gasteiger partial charge in [0.05, 0.1) is 12.1 Å². The van der Waals surface area contributed by atoms with Crippen LogP contribution in [0.3, 0.4) is 0 Å². The second-order valence-corrected chi connectivity index (χ2v) is 5.72. The molecule has 1 fully saturated rings. The fraction of sp³-hybridized carbons (Fsp3) is 0.562. The van der Waals surface area contributed by atoms with E-state index in [2.05, 4.69) is 10.6 Å². The summed E-state index contributed by atoms with van der Waals surface area (Å²) in [6.45, 7) is 3.86. The highest BCUT2D eigenvalue weighted by atomic mass is 16.5. The molecule has 2 N–H and O–H groups in total. The van der Waals surface area contributed by atoms with Crippen LogP contribution in [0.5, 0.6) is 0 Å². The average Bonchev–Trinajstić information content (AvgIpc) is 3.01. The quantitative estimate of drug-likeness (QED) is 0.889. The summed E-state index contributed by atoms with van der Waals surface area (Å²) in [7, 11) is 0. The molecule has 4 heteroatoms. The zero-order valence-electron chi connectivity index (χ0n) is 11.9. The van der Waals surface area contributed by atoms with E-state index in [0.29, 0.717) is 0 Å². The molecule has 0 bridgehead atoms. The smallest absolute Gasteiger partial charge is 0.251 e. The summed E-state index contributed by atoms with van der Waals surface area (Å²) in [5.41, 5.74) is 3.16. The van der Waals surface area contributed by atoms with Crippen molar-refractivity contribution in [2.24, 2.45) is 0 Å². The summed E-state index contributed by atoms with van der Waals surface area (Å²) in [5.74, 6) is 0.00127. The van der Waals surface area contributed by atoms with Gasteiger partial charge in [-0.25, -0.2) is 0 Å². The van der Waals surface area contributed by atoms with Gasteiger partial charge in [0.25, 0.3) is 5.91 Å². The number of amides is 1. The lowest BCUT2D eigenvalue weighted by Gasteiger charge is -2.21. The van der Waals surface area contributed by atoms with E-state index in [1.54, 1.807) is 0 Å². The molecular formula is C16H22N2O2. The highest BCUT2D eigenvalue weighted by molar-refractivity contribution is 5.95. The first-order valence-electron chi connectivity index (χ1n) is 7.53. The Morgan fingerprint density at radius 2 is 2.35 bits per heavy atom. The molecule has 1 amide bonds. The monoisotopic (exact) mass is 274 g/mol. The molecule has 2 heterocycles. The van der Waals surface area contributed by atoms with Gasteiger partial charge in [-0.05, 0) is 56.4 Å². The molecule has 2 atom stereocenters. The molecular weight excluding hydrogens is 252 g/mol. The third-order valence-electron chi connectivity index (χ3n) is 4.19. The SMILES string of the molecule is CC(NC(=O)c1ccc2c(c1)CCCN2)C1CCCO1. The summed E-state index contributed by atoms with van der Waals surface area (Å²) in [6.07, 6.45) is 4.47. The number of rotatable bonds is 3. The minimum atomic E-state index is 0.00127. The predicted octanol–water partition coefficient (Wildman–Crippen LogP) is 2.34. The summed E-state index contributed by atoms with van der Waals surface area (Å²) in [6, 6.07) is 5.99. The Hall–Kier alpha value is -1.55. The third-order valence-corrected chi connectivity index (χ3v) is 4.19. The normalized spacial score (nSPS) is 22.8. The van der Waals surface area contributed by atoms with E-state index in [-0.39, 0.29) is 18.1 Å². The second-order valence-electron chi connectivity index (χ2n) is 5.72. The molecule has 1 aromatic carbocycles. The first-order chi connectivity index (χ1) is 9.74. The predicted molar refractivity (Wildman–Crippen MR) is 79.2 cm³/mol. The zero-order chi connectivity index (χ0) is 13.9. The van der Waals surface area contributed by atoms with E-state index in [9.17, 15) is 4.79 Å². The van der Waals surface area contributed by atoms with Crippen LogP contribution in [-0.2, 0) is 11.2 Å². The number of fused-ring (bicyclic) bond motifs is 1. The van der Waals surface area contributed by atoms with Crippen molar-refractivity contribution >= 4 is 11.6 Å². The summed E-state index contributed by atoms with van der Waals surface area (Å²) < 4.78 is 5.62. The number of carbonyl (C=O) groups is 1. The van der Waals surface area contributed by atoms with Crippen LogP contribution in [0, 0.1) is 0 Å². The number of hydrogen-bond acceptors (Lipinski definition) is 3. The van der Waals surface area contributed by atoms with Crippen LogP contribution in [0.15, 0.2) is 18.2 Å². The van der Waals surface area contributed by atoms with Crippen LogP contribution in [0.25, 0.3) is 0 Å². The van der Waals surface area contributed by atoms with Crippen molar-refractivity contribution in [2.45, 2.75) is 44.8 Å². The van der Waals surface area contributed by atoms with Gasteiger partial charge in [0.2, 0.25) is 0 Å². The van der Waals surface area contributed by atoms with Gasteiger partial charge in [-0.15, -0.1) is 0 Å². The maximum absolute atomic E-state index is 12.3. The van der Waals surface area contributed by atoms with Crippen molar-refractivity contribution in [2.75, 3.05) is 18.5 Å². The minimum Gasteiger partial charge on any atom is -0.385 e. The van der Waals surface area contributed by atoms with Crippen molar-refractivity contribution in [1.82, 2.24) is 5.32 Å². The van der Waals surface area contributed by atoms with E-state index in [1.807, 2.05) is 25.1 Å². The van der Waals surface area contributed by atoms with Crippen molar-refractivity contribution < 1.29 is 9.53 Å².